The highest BCUT2D eigenvalue weighted by molar-refractivity contribution is 5.91. The standard InChI is InChI=1S/C21H25NO4/c1-2-3-13-25-20(24)17-16-9-11-21(26-16)14-22(19(23)18(17)21)12-10-15-7-5-4-6-8-15/h4-9,11,16-18H,2-3,10,12-14H2,1H3/t16-,17+,18+,21+/m1/s1. The summed E-state index contributed by atoms with van der Waals surface area (Å²) in [6.45, 7) is 3.63. The molecule has 1 aromatic rings. The van der Waals surface area contributed by atoms with E-state index in [4.69, 9.17) is 9.47 Å². The topological polar surface area (TPSA) is 55.8 Å². The van der Waals surface area contributed by atoms with Crippen molar-refractivity contribution < 1.29 is 19.1 Å². The summed E-state index contributed by atoms with van der Waals surface area (Å²) in [5.41, 5.74) is 0.554. The minimum absolute atomic E-state index is 0.0187. The largest absolute Gasteiger partial charge is 0.465 e. The summed E-state index contributed by atoms with van der Waals surface area (Å²) in [4.78, 5) is 27.5. The number of esters is 1. The monoisotopic (exact) mass is 355 g/mol. The fourth-order valence-electron chi connectivity index (χ4n) is 4.36. The number of hydrogen-bond donors (Lipinski definition) is 0. The number of unbranched alkanes of at least 4 members (excludes halogenated alkanes) is 1. The van der Waals surface area contributed by atoms with Crippen LogP contribution in [0.1, 0.15) is 25.3 Å². The van der Waals surface area contributed by atoms with Gasteiger partial charge in [-0.05, 0) is 18.4 Å². The lowest BCUT2D eigenvalue weighted by molar-refractivity contribution is -0.153. The minimum atomic E-state index is -0.646. The molecule has 4 rings (SSSR count). The number of carbonyl (C=O) groups is 2. The first kappa shape index (κ1) is 17.3. The number of carbonyl (C=O) groups excluding carboxylic acids is 2. The Labute approximate surface area is 154 Å². The highest BCUT2D eigenvalue weighted by Crippen LogP contribution is 2.52. The Bertz CT molecular complexity index is 716. The van der Waals surface area contributed by atoms with Crippen LogP contribution < -0.4 is 0 Å². The molecule has 1 spiro atoms. The smallest absolute Gasteiger partial charge is 0.312 e. The maximum atomic E-state index is 13.0. The second-order valence-electron chi connectivity index (χ2n) is 7.42. The molecule has 2 bridgehead atoms. The summed E-state index contributed by atoms with van der Waals surface area (Å²) >= 11 is 0. The quantitative estimate of drug-likeness (QED) is 0.428. The second kappa shape index (κ2) is 6.88. The van der Waals surface area contributed by atoms with E-state index in [0.717, 1.165) is 19.3 Å². The van der Waals surface area contributed by atoms with E-state index < -0.39 is 17.4 Å². The van der Waals surface area contributed by atoms with Gasteiger partial charge in [-0.15, -0.1) is 0 Å². The molecule has 1 aromatic carbocycles. The van der Waals surface area contributed by atoms with E-state index >= 15 is 0 Å². The van der Waals surface area contributed by atoms with Gasteiger partial charge in [-0.2, -0.15) is 0 Å². The number of benzene rings is 1. The van der Waals surface area contributed by atoms with Crippen LogP contribution in [0.2, 0.25) is 0 Å². The van der Waals surface area contributed by atoms with Gasteiger partial charge in [0.25, 0.3) is 0 Å². The van der Waals surface area contributed by atoms with Crippen LogP contribution >= 0.6 is 0 Å². The van der Waals surface area contributed by atoms with Crippen molar-refractivity contribution in [1.82, 2.24) is 4.90 Å². The van der Waals surface area contributed by atoms with Crippen molar-refractivity contribution in [3.63, 3.8) is 0 Å². The molecule has 5 heteroatoms. The van der Waals surface area contributed by atoms with Crippen molar-refractivity contribution in [2.75, 3.05) is 19.7 Å². The van der Waals surface area contributed by atoms with Crippen LogP contribution in [0.25, 0.3) is 0 Å². The zero-order valence-corrected chi connectivity index (χ0v) is 15.1. The van der Waals surface area contributed by atoms with Gasteiger partial charge in [-0.1, -0.05) is 55.8 Å². The van der Waals surface area contributed by atoms with E-state index in [1.165, 1.54) is 5.56 Å². The molecule has 3 aliphatic rings. The van der Waals surface area contributed by atoms with E-state index in [0.29, 0.717) is 19.7 Å². The Morgan fingerprint density at radius 2 is 2.15 bits per heavy atom. The number of nitrogens with zero attached hydrogens (tertiary/aromatic N) is 1. The van der Waals surface area contributed by atoms with Gasteiger partial charge in [0.2, 0.25) is 5.91 Å². The first-order chi connectivity index (χ1) is 12.6. The van der Waals surface area contributed by atoms with Crippen LogP contribution in [0.15, 0.2) is 42.5 Å². The van der Waals surface area contributed by atoms with Crippen molar-refractivity contribution in [2.45, 2.75) is 37.9 Å². The summed E-state index contributed by atoms with van der Waals surface area (Å²) in [5, 5.41) is 0. The molecule has 0 saturated carbocycles. The van der Waals surface area contributed by atoms with E-state index in [2.05, 4.69) is 19.1 Å². The maximum absolute atomic E-state index is 13.0. The van der Waals surface area contributed by atoms with E-state index in [1.807, 2.05) is 35.3 Å². The minimum Gasteiger partial charge on any atom is -0.465 e. The number of likely N-dealkylation sites (tertiary alicyclic amines) is 1. The fraction of sp³-hybridized carbons (Fsp3) is 0.524. The summed E-state index contributed by atoms with van der Waals surface area (Å²) < 4.78 is 11.5. The first-order valence-corrected chi connectivity index (χ1v) is 9.51. The van der Waals surface area contributed by atoms with Gasteiger partial charge in [0, 0.05) is 6.54 Å². The zero-order valence-electron chi connectivity index (χ0n) is 15.1. The summed E-state index contributed by atoms with van der Waals surface area (Å²) in [6.07, 6.45) is 6.20. The zero-order chi connectivity index (χ0) is 18.1. The SMILES string of the molecule is CCCCOC(=O)[C@@H]1[C@H]2C(=O)N(CCc3ccccc3)C[C@@]23C=C[C@H]1O3. The predicted molar refractivity (Wildman–Crippen MR) is 96.3 cm³/mol. The molecule has 0 aliphatic carbocycles. The van der Waals surface area contributed by atoms with Crippen LogP contribution in [-0.2, 0) is 25.5 Å². The average molecular weight is 355 g/mol. The molecule has 26 heavy (non-hydrogen) atoms. The molecule has 5 nitrogen and oxygen atoms in total. The summed E-state index contributed by atoms with van der Waals surface area (Å²) in [7, 11) is 0. The molecule has 0 radical (unpaired) electrons. The Morgan fingerprint density at radius 3 is 2.92 bits per heavy atom. The molecule has 2 fully saturated rings. The fourth-order valence-corrected chi connectivity index (χ4v) is 4.36. The Balaban J connectivity index is 1.45. The lowest BCUT2D eigenvalue weighted by atomic mass is 9.77. The van der Waals surface area contributed by atoms with Crippen LogP contribution in [0, 0.1) is 11.8 Å². The van der Waals surface area contributed by atoms with Crippen LogP contribution in [0.4, 0.5) is 0 Å². The van der Waals surface area contributed by atoms with Gasteiger partial charge in [-0.3, -0.25) is 9.59 Å². The normalized spacial score (nSPS) is 31.5. The van der Waals surface area contributed by atoms with Gasteiger partial charge >= 0.3 is 5.97 Å². The molecule has 3 heterocycles. The Morgan fingerprint density at radius 1 is 1.35 bits per heavy atom. The van der Waals surface area contributed by atoms with Gasteiger partial charge in [-0.25, -0.2) is 0 Å². The number of amides is 1. The maximum Gasteiger partial charge on any atom is 0.312 e. The third-order valence-electron chi connectivity index (χ3n) is 5.71. The van der Waals surface area contributed by atoms with Crippen LogP contribution in [0.3, 0.4) is 0 Å². The lowest BCUT2D eigenvalue weighted by Gasteiger charge is -2.22. The predicted octanol–water partition coefficient (Wildman–Crippen LogP) is 2.35. The van der Waals surface area contributed by atoms with Crippen molar-refractivity contribution in [2.24, 2.45) is 11.8 Å². The molecule has 2 saturated heterocycles. The molecule has 0 unspecified atom stereocenters. The van der Waals surface area contributed by atoms with Crippen LogP contribution in [0.5, 0.6) is 0 Å². The third kappa shape index (κ3) is 2.84. The highest BCUT2D eigenvalue weighted by atomic mass is 16.6. The molecule has 0 aromatic heterocycles. The van der Waals surface area contributed by atoms with E-state index in [-0.39, 0.29) is 18.0 Å². The van der Waals surface area contributed by atoms with Gasteiger partial charge in [0.15, 0.2) is 0 Å². The Hall–Kier alpha value is -2.14. The Kier molecular flexibility index (Phi) is 4.57. The van der Waals surface area contributed by atoms with Crippen molar-refractivity contribution in [1.29, 1.82) is 0 Å². The molecular formula is C21H25NO4. The molecule has 1 amide bonds. The first-order valence-electron chi connectivity index (χ1n) is 9.51. The third-order valence-corrected chi connectivity index (χ3v) is 5.71. The molecule has 4 atom stereocenters. The van der Waals surface area contributed by atoms with Crippen molar-refractivity contribution >= 4 is 11.9 Å². The molecular weight excluding hydrogens is 330 g/mol. The number of ether oxygens (including phenoxy) is 2. The summed E-state index contributed by atoms with van der Waals surface area (Å²) in [6, 6.07) is 10.1. The molecule has 0 N–H and O–H groups in total. The van der Waals surface area contributed by atoms with Crippen LogP contribution in [-0.4, -0.2) is 48.2 Å². The number of rotatable bonds is 7. The van der Waals surface area contributed by atoms with Crippen molar-refractivity contribution in [3.05, 3.63) is 48.0 Å². The van der Waals surface area contributed by atoms with E-state index in [9.17, 15) is 9.59 Å². The van der Waals surface area contributed by atoms with Crippen molar-refractivity contribution in [3.8, 4) is 0 Å². The number of fused-ring (bicyclic) bond motifs is 1. The summed E-state index contributed by atoms with van der Waals surface area (Å²) in [5.74, 6) is -1.23. The molecule has 138 valence electrons. The van der Waals surface area contributed by atoms with Gasteiger partial charge in [0.1, 0.15) is 11.5 Å². The lowest BCUT2D eigenvalue weighted by Crippen LogP contribution is -2.40. The van der Waals surface area contributed by atoms with Gasteiger partial charge < -0.3 is 14.4 Å². The second-order valence-corrected chi connectivity index (χ2v) is 7.42. The highest BCUT2D eigenvalue weighted by Gasteiger charge is 2.67. The molecule has 3 aliphatic heterocycles. The van der Waals surface area contributed by atoms with Gasteiger partial charge in [0.05, 0.1) is 25.2 Å². The van der Waals surface area contributed by atoms with E-state index in [1.54, 1.807) is 0 Å². The average Bonchev–Trinajstić information content (AvgIpc) is 3.29. The number of hydrogen-bond acceptors (Lipinski definition) is 4.